The van der Waals surface area contributed by atoms with E-state index >= 15 is 0 Å². The Bertz CT molecular complexity index is 3360. The van der Waals surface area contributed by atoms with Gasteiger partial charge in [0.2, 0.25) is 0 Å². The standard InChI is InChI=1S/C64H42F2N2/c65-53-25-29-55(30-26-53)67(57-39-49(43-13-5-1-6-14-43)37-50(40-57)44-15-7-2-8-16-44)61-35-23-47-22-34-60-62(36-24-48-21-33-59(61)63(47)64(48)60)68(56-31-27-54(66)28-32-56)58-41-51(45-17-9-3-10-18-45)38-52(42-58)46-19-11-4-12-20-46/h1-42H. The minimum atomic E-state index is -0.296. The van der Waals surface area contributed by atoms with Crippen molar-refractivity contribution in [3.63, 3.8) is 0 Å². The van der Waals surface area contributed by atoms with Crippen molar-refractivity contribution >= 4 is 66.4 Å². The molecule has 0 atom stereocenters. The van der Waals surface area contributed by atoms with Crippen LogP contribution in [0.5, 0.6) is 0 Å². The summed E-state index contributed by atoms with van der Waals surface area (Å²) in [5.41, 5.74) is 14.2. The third kappa shape index (κ3) is 7.48. The van der Waals surface area contributed by atoms with E-state index < -0.39 is 0 Å². The molecule has 0 aliphatic carbocycles. The fourth-order valence-electron chi connectivity index (χ4n) is 9.86. The van der Waals surface area contributed by atoms with Crippen molar-refractivity contribution in [2.45, 2.75) is 0 Å². The van der Waals surface area contributed by atoms with E-state index in [0.29, 0.717) is 0 Å². The molecule has 0 saturated heterocycles. The molecule has 0 bridgehead atoms. The second kappa shape index (κ2) is 17.2. The van der Waals surface area contributed by atoms with Gasteiger partial charge < -0.3 is 9.80 Å². The van der Waals surface area contributed by atoms with Gasteiger partial charge in [-0.3, -0.25) is 0 Å². The quantitative estimate of drug-likeness (QED) is 0.126. The molecule has 0 aliphatic heterocycles. The molecule has 4 heteroatoms. The Morgan fingerprint density at radius 3 is 0.838 bits per heavy atom. The fourth-order valence-corrected chi connectivity index (χ4v) is 9.86. The van der Waals surface area contributed by atoms with Gasteiger partial charge in [0.05, 0.1) is 11.4 Å². The number of anilines is 6. The van der Waals surface area contributed by atoms with Crippen LogP contribution in [-0.4, -0.2) is 0 Å². The van der Waals surface area contributed by atoms with Crippen LogP contribution in [0, 0.1) is 11.6 Å². The van der Waals surface area contributed by atoms with Gasteiger partial charge in [-0.05, 0) is 163 Å². The highest BCUT2D eigenvalue weighted by Gasteiger charge is 2.24. The lowest BCUT2D eigenvalue weighted by atomic mass is 9.91. The number of hydrogen-bond acceptors (Lipinski definition) is 2. The second-order valence-corrected chi connectivity index (χ2v) is 17.2. The Morgan fingerprint density at radius 1 is 0.235 bits per heavy atom. The maximum Gasteiger partial charge on any atom is 0.123 e. The number of halogens is 2. The van der Waals surface area contributed by atoms with Crippen LogP contribution in [0.1, 0.15) is 0 Å². The number of benzene rings is 12. The maximum atomic E-state index is 14.8. The predicted molar refractivity (Wildman–Crippen MR) is 281 cm³/mol. The van der Waals surface area contributed by atoms with E-state index in [0.717, 1.165) is 111 Å². The smallest absolute Gasteiger partial charge is 0.123 e. The Labute approximate surface area is 394 Å². The molecule has 0 N–H and O–H groups in total. The van der Waals surface area contributed by atoms with Gasteiger partial charge in [-0.1, -0.05) is 158 Å². The van der Waals surface area contributed by atoms with Gasteiger partial charge in [0, 0.05) is 33.5 Å². The highest BCUT2D eigenvalue weighted by Crippen LogP contribution is 2.49. The first-order valence-corrected chi connectivity index (χ1v) is 22.9. The van der Waals surface area contributed by atoms with Crippen molar-refractivity contribution in [2.24, 2.45) is 0 Å². The Hall–Kier alpha value is -8.86. The highest BCUT2D eigenvalue weighted by atomic mass is 19.1. The highest BCUT2D eigenvalue weighted by molar-refractivity contribution is 6.28. The minimum Gasteiger partial charge on any atom is -0.310 e. The molecule has 322 valence electrons. The van der Waals surface area contributed by atoms with Crippen LogP contribution in [0.2, 0.25) is 0 Å². The summed E-state index contributed by atoms with van der Waals surface area (Å²) >= 11 is 0. The number of rotatable bonds is 10. The molecule has 0 spiro atoms. The van der Waals surface area contributed by atoms with E-state index in [-0.39, 0.29) is 11.6 Å². The predicted octanol–water partition coefficient (Wildman–Crippen LogP) is 18.5. The summed E-state index contributed by atoms with van der Waals surface area (Å²) in [6.45, 7) is 0. The summed E-state index contributed by atoms with van der Waals surface area (Å²) in [6.07, 6.45) is 0. The van der Waals surface area contributed by atoms with E-state index in [1.807, 2.05) is 48.5 Å². The average molecular weight is 877 g/mol. The normalized spacial score (nSPS) is 11.4. The molecule has 0 saturated carbocycles. The third-order valence-corrected chi connectivity index (χ3v) is 13.1. The molecule has 0 amide bonds. The molecule has 0 aliphatic rings. The van der Waals surface area contributed by atoms with Crippen molar-refractivity contribution in [3.8, 4) is 44.5 Å². The first-order valence-electron chi connectivity index (χ1n) is 22.9. The molecule has 0 unspecified atom stereocenters. The molecular formula is C64H42F2N2. The fraction of sp³-hybridized carbons (Fsp3) is 0. The maximum absolute atomic E-state index is 14.8. The van der Waals surface area contributed by atoms with Gasteiger partial charge in [-0.25, -0.2) is 8.78 Å². The molecule has 0 aromatic heterocycles. The molecule has 12 aromatic rings. The van der Waals surface area contributed by atoms with Gasteiger partial charge in [0.25, 0.3) is 0 Å². The molecular weight excluding hydrogens is 835 g/mol. The SMILES string of the molecule is Fc1ccc(N(c2cc(-c3ccccc3)cc(-c3ccccc3)c2)c2ccc3ccc4c(N(c5ccc(F)cc5)c5cc(-c6ccccc6)cc(-c6ccccc6)c5)ccc5ccc2c3c54)cc1. The summed E-state index contributed by atoms with van der Waals surface area (Å²) in [4.78, 5) is 4.52. The first-order chi connectivity index (χ1) is 33.5. The molecule has 68 heavy (non-hydrogen) atoms. The topological polar surface area (TPSA) is 6.48 Å². The van der Waals surface area contributed by atoms with Crippen molar-refractivity contribution in [3.05, 3.63) is 266 Å². The summed E-state index contributed by atoms with van der Waals surface area (Å²) in [5.74, 6) is -0.592. The van der Waals surface area contributed by atoms with Crippen LogP contribution in [0.3, 0.4) is 0 Å². The molecule has 12 aromatic carbocycles. The lowest BCUT2D eigenvalue weighted by Gasteiger charge is -2.30. The average Bonchev–Trinajstić information content (AvgIpc) is 3.40. The largest absolute Gasteiger partial charge is 0.310 e. The van der Waals surface area contributed by atoms with E-state index in [4.69, 9.17) is 0 Å². The van der Waals surface area contributed by atoms with Crippen molar-refractivity contribution in [2.75, 3.05) is 9.80 Å². The van der Waals surface area contributed by atoms with E-state index in [1.165, 1.54) is 24.3 Å². The van der Waals surface area contributed by atoms with Gasteiger partial charge in [0.15, 0.2) is 0 Å². The Morgan fingerprint density at radius 2 is 0.529 bits per heavy atom. The molecule has 0 radical (unpaired) electrons. The molecule has 2 nitrogen and oxygen atoms in total. The minimum absolute atomic E-state index is 0.296. The summed E-state index contributed by atoms with van der Waals surface area (Å²) in [6, 6.07) is 86.4. The van der Waals surface area contributed by atoms with Gasteiger partial charge in [-0.2, -0.15) is 0 Å². The van der Waals surface area contributed by atoms with E-state index in [9.17, 15) is 8.78 Å². The van der Waals surface area contributed by atoms with Gasteiger partial charge in [-0.15, -0.1) is 0 Å². The van der Waals surface area contributed by atoms with Crippen LogP contribution >= 0.6 is 0 Å². The summed E-state index contributed by atoms with van der Waals surface area (Å²) in [5, 5.41) is 6.56. The van der Waals surface area contributed by atoms with E-state index in [2.05, 4.69) is 192 Å². The third-order valence-electron chi connectivity index (χ3n) is 13.1. The lowest BCUT2D eigenvalue weighted by molar-refractivity contribution is 0.627. The van der Waals surface area contributed by atoms with Crippen LogP contribution < -0.4 is 9.80 Å². The zero-order valence-electron chi connectivity index (χ0n) is 36.9. The van der Waals surface area contributed by atoms with E-state index in [1.54, 1.807) is 0 Å². The molecule has 0 heterocycles. The lowest BCUT2D eigenvalue weighted by Crippen LogP contribution is -2.12. The zero-order chi connectivity index (χ0) is 45.6. The van der Waals surface area contributed by atoms with Gasteiger partial charge in [0.1, 0.15) is 11.6 Å². The molecule has 12 rings (SSSR count). The number of nitrogens with zero attached hydrogens (tertiary/aromatic N) is 2. The number of hydrogen-bond donors (Lipinski definition) is 0. The van der Waals surface area contributed by atoms with Crippen molar-refractivity contribution in [1.29, 1.82) is 0 Å². The van der Waals surface area contributed by atoms with Crippen LogP contribution in [-0.2, 0) is 0 Å². The molecule has 0 fully saturated rings. The van der Waals surface area contributed by atoms with Crippen LogP contribution in [0.15, 0.2) is 255 Å². The monoisotopic (exact) mass is 876 g/mol. The first kappa shape index (κ1) is 40.6. The van der Waals surface area contributed by atoms with Crippen molar-refractivity contribution < 1.29 is 8.78 Å². The van der Waals surface area contributed by atoms with Crippen LogP contribution in [0.4, 0.5) is 42.9 Å². The second-order valence-electron chi connectivity index (χ2n) is 17.2. The zero-order valence-corrected chi connectivity index (χ0v) is 36.9. The summed E-state index contributed by atoms with van der Waals surface area (Å²) in [7, 11) is 0. The van der Waals surface area contributed by atoms with Crippen molar-refractivity contribution in [1.82, 2.24) is 0 Å². The Balaban J connectivity index is 1.10. The summed E-state index contributed by atoms with van der Waals surface area (Å²) < 4.78 is 29.6. The van der Waals surface area contributed by atoms with Crippen LogP contribution in [0.25, 0.3) is 76.8 Å². The van der Waals surface area contributed by atoms with Gasteiger partial charge >= 0.3 is 0 Å². The Kier molecular flexibility index (Phi) is 10.3.